The van der Waals surface area contributed by atoms with E-state index in [1.807, 2.05) is 18.0 Å². The molecule has 5 rings (SSSR count). The van der Waals surface area contributed by atoms with Crippen LogP contribution in [-0.2, 0) is 9.53 Å². The lowest BCUT2D eigenvalue weighted by Gasteiger charge is -2.16. The van der Waals surface area contributed by atoms with Gasteiger partial charge in [0.1, 0.15) is 23.2 Å². The van der Waals surface area contributed by atoms with Gasteiger partial charge in [0, 0.05) is 30.8 Å². The molecule has 11 nitrogen and oxygen atoms in total. The minimum atomic E-state index is -1.35. The molecule has 2 heterocycles. The Morgan fingerprint density at radius 3 is 2.40 bits per heavy atom. The Morgan fingerprint density at radius 1 is 1.00 bits per heavy atom. The molecule has 0 aliphatic carbocycles. The molecule has 0 fully saturated rings. The van der Waals surface area contributed by atoms with Gasteiger partial charge >= 0.3 is 5.97 Å². The van der Waals surface area contributed by atoms with Crippen molar-refractivity contribution >= 4 is 23.7 Å². The Bertz CT molecular complexity index is 1850. The first-order valence-electron chi connectivity index (χ1n) is 13.4. The standard InChI is InChI=1S/C32H27F2N5O6/c1-39-14-13-37-30(39)20-6-4-8-22(16-20)44-31-26(33)28(43-21-7-3-5-18(15-21)9-12-25(41)42-2)27(34)32(38-31)45-24-17-19(29(35)36)10-11-23(24)40/h3-12,15-17,40H,13-14H2,1-2H3,(H3,35,36)/b12-9+. The van der Waals surface area contributed by atoms with Gasteiger partial charge in [-0.2, -0.15) is 13.8 Å². The van der Waals surface area contributed by atoms with Crippen LogP contribution in [-0.4, -0.2) is 59.9 Å². The number of halogens is 2. The highest BCUT2D eigenvalue weighted by Gasteiger charge is 2.27. The molecule has 13 heteroatoms. The van der Waals surface area contributed by atoms with Gasteiger partial charge in [-0.15, -0.1) is 0 Å². The van der Waals surface area contributed by atoms with Crippen LogP contribution in [0, 0.1) is 17.0 Å². The Hall–Kier alpha value is -5.98. The number of likely N-dealkylation sites (N-methyl/N-ethyl adjacent to an activating group) is 1. The number of carbonyl (C=O) groups is 1. The number of aliphatic imine (C=N–C) groups is 1. The number of carbonyl (C=O) groups excluding carboxylic acids is 1. The number of hydrogen-bond acceptors (Lipinski definition) is 10. The van der Waals surface area contributed by atoms with Gasteiger partial charge in [-0.1, -0.05) is 24.3 Å². The largest absolute Gasteiger partial charge is 0.504 e. The Balaban J connectivity index is 1.56. The Labute approximate surface area is 256 Å². The fraction of sp³-hybridized carbons (Fsp3) is 0.125. The van der Waals surface area contributed by atoms with Gasteiger partial charge in [0.25, 0.3) is 11.8 Å². The van der Waals surface area contributed by atoms with Crippen LogP contribution < -0.4 is 19.9 Å². The number of amidine groups is 2. The van der Waals surface area contributed by atoms with E-state index in [2.05, 4.69) is 14.7 Å². The topological polar surface area (TPSA) is 153 Å². The van der Waals surface area contributed by atoms with Crippen LogP contribution in [0.15, 0.2) is 77.8 Å². The van der Waals surface area contributed by atoms with Gasteiger partial charge in [-0.05, 0) is 54.1 Å². The van der Waals surface area contributed by atoms with Crippen molar-refractivity contribution in [2.24, 2.45) is 10.7 Å². The van der Waals surface area contributed by atoms with Gasteiger partial charge in [-0.3, -0.25) is 10.4 Å². The zero-order valence-electron chi connectivity index (χ0n) is 24.1. The first kappa shape index (κ1) is 30.5. The number of aromatic hydroxyl groups is 1. The molecule has 0 unspecified atom stereocenters. The number of phenolic OH excluding ortho intramolecular Hbond substituents is 1. The number of nitrogens with one attached hydrogen (secondary N) is 1. The molecule has 3 aromatic carbocycles. The molecule has 0 saturated heterocycles. The monoisotopic (exact) mass is 615 g/mol. The number of pyridine rings is 1. The van der Waals surface area contributed by atoms with Crippen molar-refractivity contribution in [3.8, 4) is 40.5 Å². The summed E-state index contributed by atoms with van der Waals surface area (Å²) in [5, 5.41) is 18.0. The highest BCUT2D eigenvalue weighted by atomic mass is 19.1. The van der Waals surface area contributed by atoms with Crippen LogP contribution in [0.1, 0.15) is 16.7 Å². The number of nitrogens with zero attached hydrogens (tertiary/aromatic N) is 3. The third-order valence-electron chi connectivity index (χ3n) is 6.51. The van der Waals surface area contributed by atoms with Crippen molar-refractivity contribution in [2.75, 3.05) is 27.2 Å². The van der Waals surface area contributed by atoms with Gasteiger partial charge in [0.15, 0.2) is 11.5 Å². The van der Waals surface area contributed by atoms with Crippen LogP contribution >= 0.6 is 0 Å². The lowest BCUT2D eigenvalue weighted by Crippen LogP contribution is -2.23. The normalized spacial score (nSPS) is 12.6. The Kier molecular flexibility index (Phi) is 8.89. The lowest BCUT2D eigenvalue weighted by molar-refractivity contribution is -0.134. The smallest absolute Gasteiger partial charge is 0.330 e. The number of hydrogen-bond donors (Lipinski definition) is 3. The third kappa shape index (κ3) is 6.99. The minimum Gasteiger partial charge on any atom is -0.504 e. The molecule has 0 spiro atoms. The quantitative estimate of drug-likeness (QED) is 0.0895. The highest BCUT2D eigenvalue weighted by molar-refractivity contribution is 6.00. The molecule has 4 N–H and O–H groups in total. The molecular weight excluding hydrogens is 588 g/mol. The van der Waals surface area contributed by atoms with Crippen molar-refractivity contribution in [1.29, 1.82) is 5.41 Å². The highest BCUT2D eigenvalue weighted by Crippen LogP contribution is 2.41. The number of benzene rings is 3. The second-order valence-electron chi connectivity index (χ2n) is 9.67. The number of aromatic nitrogens is 1. The molecule has 1 aliphatic rings. The van der Waals surface area contributed by atoms with E-state index < -0.39 is 40.9 Å². The number of methoxy groups -OCH3 is 1. The summed E-state index contributed by atoms with van der Waals surface area (Å²) in [6.07, 6.45) is 2.61. The third-order valence-corrected chi connectivity index (χ3v) is 6.51. The number of ether oxygens (including phenoxy) is 4. The number of nitrogen functional groups attached to an aromatic ring is 1. The van der Waals surface area contributed by atoms with Crippen LogP contribution in [0.5, 0.6) is 40.5 Å². The maximum Gasteiger partial charge on any atom is 0.330 e. The number of rotatable bonds is 10. The van der Waals surface area contributed by atoms with E-state index in [9.17, 15) is 9.90 Å². The van der Waals surface area contributed by atoms with Gasteiger partial charge in [-0.25, -0.2) is 4.79 Å². The molecule has 45 heavy (non-hydrogen) atoms. The van der Waals surface area contributed by atoms with Crippen molar-refractivity contribution in [2.45, 2.75) is 0 Å². The van der Waals surface area contributed by atoms with E-state index in [1.54, 1.807) is 30.3 Å². The first-order chi connectivity index (χ1) is 21.6. The molecule has 1 aliphatic heterocycles. The van der Waals surface area contributed by atoms with Gasteiger partial charge < -0.3 is 34.7 Å². The second-order valence-corrected chi connectivity index (χ2v) is 9.67. The molecule has 0 radical (unpaired) electrons. The summed E-state index contributed by atoms with van der Waals surface area (Å²) >= 11 is 0. The predicted octanol–water partition coefficient (Wildman–Crippen LogP) is 5.60. The van der Waals surface area contributed by atoms with Crippen molar-refractivity contribution in [1.82, 2.24) is 9.88 Å². The summed E-state index contributed by atoms with van der Waals surface area (Å²) in [7, 11) is 3.12. The zero-order chi connectivity index (χ0) is 32.1. The number of esters is 1. The average molecular weight is 616 g/mol. The van der Waals surface area contributed by atoms with E-state index in [1.165, 1.54) is 49.6 Å². The fourth-order valence-corrected chi connectivity index (χ4v) is 4.26. The summed E-state index contributed by atoms with van der Waals surface area (Å²) in [6, 6.07) is 16.5. The summed E-state index contributed by atoms with van der Waals surface area (Å²) in [4.78, 5) is 21.9. The van der Waals surface area contributed by atoms with Crippen molar-refractivity contribution in [3.63, 3.8) is 0 Å². The van der Waals surface area contributed by atoms with Crippen molar-refractivity contribution in [3.05, 3.63) is 101 Å². The molecule has 0 atom stereocenters. The average Bonchev–Trinajstić information content (AvgIpc) is 3.47. The summed E-state index contributed by atoms with van der Waals surface area (Å²) < 4.78 is 53.4. The summed E-state index contributed by atoms with van der Waals surface area (Å²) in [5.41, 5.74) is 6.91. The lowest BCUT2D eigenvalue weighted by atomic mass is 10.2. The van der Waals surface area contributed by atoms with Gasteiger partial charge in [0.2, 0.25) is 17.4 Å². The predicted molar refractivity (Wildman–Crippen MR) is 161 cm³/mol. The second kappa shape index (κ2) is 13.1. The molecule has 4 aromatic rings. The van der Waals surface area contributed by atoms with Crippen LogP contribution in [0.2, 0.25) is 0 Å². The maximum atomic E-state index is 15.9. The number of nitrogens with two attached hydrogens (primary N) is 1. The molecule has 230 valence electrons. The summed E-state index contributed by atoms with van der Waals surface area (Å²) in [5.74, 6) is -5.79. The zero-order valence-corrected chi connectivity index (χ0v) is 24.1. The molecule has 0 amide bonds. The molecular formula is C32H27F2N5O6. The molecule has 0 saturated carbocycles. The number of phenols is 1. The first-order valence-corrected chi connectivity index (χ1v) is 13.4. The van der Waals surface area contributed by atoms with Crippen LogP contribution in [0.4, 0.5) is 8.78 Å². The van der Waals surface area contributed by atoms with E-state index in [0.717, 1.165) is 12.4 Å². The van der Waals surface area contributed by atoms with Crippen LogP contribution in [0.3, 0.4) is 0 Å². The van der Waals surface area contributed by atoms with E-state index in [4.69, 9.17) is 25.4 Å². The summed E-state index contributed by atoms with van der Waals surface area (Å²) in [6.45, 7) is 1.37. The fourth-order valence-electron chi connectivity index (χ4n) is 4.26. The SMILES string of the molecule is COC(=O)/C=C/c1cccc(Oc2c(F)c(Oc3cccc(C4=NCCN4C)c3)nc(Oc3cc(C(=N)N)ccc3O)c2F)c1. The molecule has 0 bridgehead atoms. The van der Waals surface area contributed by atoms with E-state index >= 15 is 8.78 Å². The van der Waals surface area contributed by atoms with E-state index in [0.29, 0.717) is 17.7 Å². The maximum absolute atomic E-state index is 15.9. The van der Waals surface area contributed by atoms with Crippen LogP contribution in [0.25, 0.3) is 6.08 Å². The Morgan fingerprint density at radius 2 is 1.71 bits per heavy atom. The van der Waals surface area contributed by atoms with E-state index in [-0.39, 0.29) is 28.6 Å². The molecule has 1 aromatic heterocycles. The van der Waals surface area contributed by atoms with Crippen molar-refractivity contribution < 1.29 is 37.6 Å². The van der Waals surface area contributed by atoms with Gasteiger partial charge in [0.05, 0.1) is 13.7 Å². The minimum absolute atomic E-state index is 0.00798.